The predicted octanol–water partition coefficient (Wildman–Crippen LogP) is 3.76. The van der Waals surface area contributed by atoms with Crippen LogP contribution in [0.15, 0.2) is 55.0 Å². The second-order valence-corrected chi connectivity index (χ2v) is 6.14. The maximum absolute atomic E-state index is 5.34. The van der Waals surface area contributed by atoms with Crippen LogP contribution in [0.2, 0.25) is 0 Å². The Morgan fingerprint density at radius 1 is 1.08 bits per heavy atom. The number of fused-ring (bicyclic) bond motifs is 1. The van der Waals surface area contributed by atoms with Crippen molar-refractivity contribution in [2.24, 2.45) is 0 Å². The lowest BCUT2D eigenvalue weighted by Crippen LogP contribution is -2.09. The molecule has 0 bridgehead atoms. The number of ether oxygens (including phenoxy) is 1. The van der Waals surface area contributed by atoms with Gasteiger partial charge >= 0.3 is 0 Å². The van der Waals surface area contributed by atoms with Crippen LogP contribution in [-0.4, -0.2) is 31.2 Å². The van der Waals surface area contributed by atoms with Crippen LogP contribution in [0.1, 0.15) is 19.2 Å². The average molecular weight is 347 g/mol. The molecule has 0 fully saturated rings. The van der Waals surface area contributed by atoms with E-state index in [1.165, 1.54) is 0 Å². The molecule has 0 saturated heterocycles. The summed E-state index contributed by atoms with van der Waals surface area (Å²) in [5.41, 5.74) is 2.89. The lowest BCUT2D eigenvalue weighted by molar-refractivity contribution is 0.415. The Balaban J connectivity index is 1.74. The molecule has 0 unspecified atom stereocenters. The van der Waals surface area contributed by atoms with Crippen LogP contribution in [0.5, 0.6) is 5.75 Å². The molecule has 4 rings (SSSR count). The third-order valence-electron chi connectivity index (χ3n) is 4.39. The van der Waals surface area contributed by atoms with Crippen molar-refractivity contribution in [2.75, 3.05) is 7.11 Å². The smallest absolute Gasteiger partial charge is 0.160 e. The SMILES string of the molecule is CCCn1c(Cn2ccnc2-c2cccc(OC)c2)nc2cccnc21. The molecule has 3 aromatic heterocycles. The number of pyridine rings is 1. The molecule has 0 aliphatic heterocycles. The van der Waals surface area contributed by atoms with Crippen molar-refractivity contribution in [1.82, 2.24) is 24.1 Å². The highest BCUT2D eigenvalue weighted by Gasteiger charge is 2.14. The molecular weight excluding hydrogens is 326 g/mol. The number of aromatic nitrogens is 5. The van der Waals surface area contributed by atoms with Gasteiger partial charge in [-0.15, -0.1) is 0 Å². The van der Waals surface area contributed by atoms with E-state index in [1.54, 1.807) is 7.11 Å². The summed E-state index contributed by atoms with van der Waals surface area (Å²) >= 11 is 0. The summed E-state index contributed by atoms with van der Waals surface area (Å²) in [6.07, 6.45) is 6.65. The molecule has 4 aromatic rings. The normalized spacial score (nSPS) is 11.2. The standard InChI is InChI=1S/C20H21N5O/c1-3-11-25-18(23-17-8-5-9-21-20(17)25)14-24-12-10-22-19(24)15-6-4-7-16(13-15)26-2/h4-10,12-13H,3,11,14H2,1-2H3. The van der Waals surface area contributed by atoms with Crippen molar-refractivity contribution < 1.29 is 4.74 Å². The lowest BCUT2D eigenvalue weighted by Gasteiger charge is -2.11. The first kappa shape index (κ1) is 16.3. The third kappa shape index (κ3) is 2.94. The maximum Gasteiger partial charge on any atom is 0.160 e. The van der Waals surface area contributed by atoms with E-state index in [-0.39, 0.29) is 0 Å². The summed E-state index contributed by atoms with van der Waals surface area (Å²) in [6.45, 7) is 3.70. The van der Waals surface area contributed by atoms with Gasteiger partial charge in [-0.25, -0.2) is 15.0 Å². The van der Waals surface area contributed by atoms with E-state index in [9.17, 15) is 0 Å². The highest BCUT2D eigenvalue weighted by molar-refractivity contribution is 5.71. The van der Waals surface area contributed by atoms with E-state index >= 15 is 0 Å². The molecule has 6 heteroatoms. The van der Waals surface area contributed by atoms with E-state index in [4.69, 9.17) is 9.72 Å². The molecule has 0 saturated carbocycles. The molecular formula is C20H21N5O. The Morgan fingerprint density at radius 2 is 2.00 bits per heavy atom. The van der Waals surface area contributed by atoms with Crippen molar-refractivity contribution in [3.05, 3.63) is 60.8 Å². The number of methoxy groups -OCH3 is 1. The summed E-state index contributed by atoms with van der Waals surface area (Å²) in [4.78, 5) is 13.9. The van der Waals surface area contributed by atoms with Crippen LogP contribution in [0.4, 0.5) is 0 Å². The molecule has 0 aliphatic carbocycles. The van der Waals surface area contributed by atoms with Gasteiger partial charge in [0.05, 0.1) is 13.7 Å². The zero-order chi connectivity index (χ0) is 17.9. The summed E-state index contributed by atoms with van der Waals surface area (Å²) in [7, 11) is 1.67. The van der Waals surface area contributed by atoms with Crippen molar-refractivity contribution in [1.29, 1.82) is 0 Å². The monoisotopic (exact) mass is 347 g/mol. The predicted molar refractivity (Wildman–Crippen MR) is 101 cm³/mol. The second-order valence-electron chi connectivity index (χ2n) is 6.14. The van der Waals surface area contributed by atoms with E-state index in [2.05, 4.69) is 26.0 Å². The van der Waals surface area contributed by atoms with Gasteiger partial charge in [0.15, 0.2) is 5.65 Å². The summed E-state index contributed by atoms with van der Waals surface area (Å²) in [6, 6.07) is 11.9. The molecule has 0 amide bonds. The van der Waals surface area contributed by atoms with Gasteiger partial charge < -0.3 is 13.9 Å². The van der Waals surface area contributed by atoms with Crippen LogP contribution < -0.4 is 4.74 Å². The van der Waals surface area contributed by atoms with Gasteiger partial charge in [0.2, 0.25) is 0 Å². The molecule has 1 aromatic carbocycles. The molecule has 0 radical (unpaired) electrons. The minimum atomic E-state index is 0.642. The van der Waals surface area contributed by atoms with E-state index in [0.717, 1.165) is 47.1 Å². The Kier molecular flexibility index (Phi) is 4.39. The van der Waals surface area contributed by atoms with Crippen molar-refractivity contribution in [3.63, 3.8) is 0 Å². The van der Waals surface area contributed by atoms with E-state index < -0.39 is 0 Å². The average Bonchev–Trinajstić information content (AvgIpc) is 3.27. The Morgan fingerprint density at radius 3 is 2.85 bits per heavy atom. The van der Waals surface area contributed by atoms with E-state index in [1.807, 2.05) is 55.0 Å². The number of aryl methyl sites for hydroxylation is 1. The Hall–Kier alpha value is -3.15. The number of hydrogen-bond acceptors (Lipinski definition) is 4. The summed E-state index contributed by atoms with van der Waals surface area (Å²) in [5, 5.41) is 0. The number of rotatable bonds is 6. The summed E-state index contributed by atoms with van der Waals surface area (Å²) < 4.78 is 9.65. The lowest BCUT2D eigenvalue weighted by atomic mass is 10.2. The zero-order valence-electron chi connectivity index (χ0n) is 15.0. The topological polar surface area (TPSA) is 57.8 Å². The fraction of sp³-hybridized carbons (Fsp3) is 0.250. The number of hydrogen-bond donors (Lipinski definition) is 0. The van der Waals surface area contributed by atoms with Crippen LogP contribution in [0.25, 0.3) is 22.6 Å². The molecule has 26 heavy (non-hydrogen) atoms. The van der Waals surface area contributed by atoms with E-state index in [0.29, 0.717) is 6.54 Å². The van der Waals surface area contributed by atoms with Crippen LogP contribution in [-0.2, 0) is 13.1 Å². The second kappa shape index (κ2) is 7.00. The zero-order valence-corrected chi connectivity index (χ0v) is 15.0. The molecule has 0 N–H and O–H groups in total. The minimum absolute atomic E-state index is 0.642. The Bertz CT molecular complexity index is 1030. The molecule has 0 aliphatic rings. The van der Waals surface area contributed by atoms with Crippen molar-refractivity contribution in [2.45, 2.75) is 26.4 Å². The molecule has 6 nitrogen and oxygen atoms in total. The first-order chi connectivity index (χ1) is 12.8. The van der Waals surface area contributed by atoms with Gasteiger partial charge in [0.1, 0.15) is 22.9 Å². The first-order valence-corrected chi connectivity index (χ1v) is 8.76. The fourth-order valence-electron chi connectivity index (χ4n) is 3.20. The van der Waals surface area contributed by atoms with Gasteiger partial charge in [0, 0.05) is 30.7 Å². The minimum Gasteiger partial charge on any atom is -0.497 e. The number of nitrogens with zero attached hydrogens (tertiary/aromatic N) is 5. The highest BCUT2D eigenvalue weighted by atomic mass is 16.5. The Labute approximate surface area is 152 Å². The molecule has 132 valence electrons. The molecule has 3 heterocycles. The van der Waals surface area contributed by atoms with Gasteiger partial charge in [-0.2, -0.15) is 0 Å². The maximum atomic E-state index is 5.34. The largest absolute Gasteiger partial charge is 0.497 e. The van der Waals surface area contributed by atoms with Crippen LogP contribution in [0, 0.1) is 0 Å². The summed E-state index contributed by atoms with van der Waals surface area (Å²) in [5.74, 6) is 2.70. The van der Waals surface area contributed by atoms with Gasteiger partial charge in [-0.3, -0.25) is 0 Å². The third-order valence-corrected chi connectivity index (χ3v) is 4.39. The molecule has 0 spiro atoms. The van der Waals surface area contributed by atoms with Crippen molar-refractivity contribution in [3.8, 4) is 17.1 Å². The van der Waals surface area contributed by atoms with Gasteiger partial charge in [-0.05, 0) is 30.7 Å². The van der Waals surface area contributed by atoms with Crippen LogP contribution >= 0.6 is 0 Å². The van der Waals surface area contributed by atoms with Gasteiger partial charge in [0.25, 0.3) is 0 Å². The molecule has 0 atom stereocenters. The number of benzene rings is 1. The number of imidazole rings is 2. The highest BCUT2D eigenvalue weighted by Crippen LogP contribution is 2.24. The first-order valence-electron chi connectivity index (χ1n) is 8.76. The quantitative estimate of drug-likeness (QED) is 0.533. The van der Waals surface area contributed by atoms with Gasteiger partial charge in [-0.1, -0.05) is 19.1 Å². The van der Waals surface area contributed by atoms with Crippen molar-refractivity contribution >= 4 is 11.2 Å². The van der Waals surface area contributed by atoms with Crippen LogP contribution in [0.3, 0.4) is 0 Å². The fourth-order valence-corrected chi connectivity index (χ4v) is 3.20.